The summed E-state index contributed by atoms with van der Waals surface area (Å²) in [6.45, 7) is 0. The molecule has 0 atom stereocenters. The molecule has 5 heterocycles. The summed E-state index contributed by atoms with van der Waals surface area (Å²) in [5.41, 5.74) is 4.68. The van der Waals surface area contributed by atoms with Gasteiger partial charge in [-0.15, -0.1) is 0 Å². The van der Waals surface area contributed by atoms with Crippen molar-refractivity contribution in [2.75, 3.05) is 0 Å². The molecule has 0 aliphatic carbocycles. The van der Waals surface area contributed by atoms with Crippen molar-refractivity contribution < 1.29 is 32.4 Å². The van der Waals surface area contributed by atoms with Crippen LogP contribution in [0.3, 0.4) is 0 Å². The van der Waals surface area contributed by atoms with Crippen LogP contribution in [0, 0.1) is 0 Å². The zero-order valence-electron chi connectivity index (χ0n) is 23.2. The Hall–Kier alpha value is -5.23. The molecule has 0 radical (unpaired) electrons. The minimum absolute atomic E-state index is 0. The van der Waals surface area contributed by atoms with Crippen LogP contribution in [0.25, 0.3) is 89.7 Å². The number of nitrogens with one attached hydrogen (secondary N) is 2. The fourth-order valence-electron chi connectivity index (χ4n) is 5.87. The Morgan fingerprint density at radius 2 is 0.844 bits per heavy atom. The predicted molar refractivity (Wildman–Crippen MR) is 166 cm³/mol. The van der Waals surface area contributed by atoms with Crippen molar-refractivity contribution in [1.82, 2.24) is 39.9 Å². The zero-order valence-corrected chi connectivity index (χ0v) is 27.0. The normalized spacial score (nSPS) is 12.1. The largest absolute Gasteiger partial charge is 0.324 e. The molecule has 212 valence electrons. The second kappa shape index (κ2) is 9.89. The maximum absolute atomic E-state index is 12.5. The van der Waals surface area contributed by atoms with Gasteiger partial charge in [0, 0.05) is 63.3 Å². The number of hydrogen-bond acceptors (Lipinski definition) is 8. The Morgan fingerprint density at radius 1 is 0.467 bits per heavy atom. The van der Waals surface area contributed by atoms with Crippen molar-refractivity contribution in [2.45, 2.75) is 4.90 Å². The van der Waals surface area contributed by atoms with Crippen LogP contribution in [-0.4, -0.2) is 52.8 Å². The molecule has 4 aromatic carbocycles. The maximum atomic E-state index is 12.5. The molecule has 7 aromatic rings. The molecule has 45 heavy (non-hydrogen) atoms. The molecule has 2 aliphatic rings. The van der Waals surface area contributed by atoms with Gasteiger partial charge in [-0.05, 0) is 6.07 Å². The summed E-state index contributed by atoms with van der Waals surface area (Å²) in [5, 5.41) is 2.36. The van der Waals surface area contributed by atoms with E-state index in [2.05, 4.69) is 9.97 Å². The van der Waals surface area contributed by atoms with E-state index in [0.717, 1.165) is 33.0 Å². The molecule has 11 nitrogen and oxygen atoms in total. The quantitative estimate of drug-likeness (QED) is 0.139. The van der Waals surface area contributed by atoms with Crippen molar-refractivity contribution in [2.24, 2.45) is 0 Å². The Balaban J connectivity index is 0.00000300. The van der Waals surface area contributed by atoms with Crippen molar-refractivity contribution in [3.63, 3.8) is 0 Å². The van der Waals surface area contributed by atoms with E-state index < -0.39 is 10.1 Å². The number of hydrogen-bond donors (Lipinski definition) is 3. The van der Waals surface area contributed by atoms with E-state index in [-0.39, 0.29) is 35.4 Å². The maximum Gasteiger partial charge on any atom is 0.295 e. The van der Waals surface area contributed by atoms with Gasteiger partial charge in [0.25, 0.3) is 10.1 Å². The van der Waals surface area contributed by atoms with Crippen LogP contribution in [0.1, 0.15) is 0 Å². The van der Waals surface area contributed by atoms with Crippen LogP contribution in [0.15, 0.2) is 95.9 Å². The topological polar surface area (TPSA) is 163 Å². The Kier molecular flexibility index (Phi) is 6.01. The summed E-state index contributed by atoms with van der Waals surface area (Å²) in [6.07, 6.45) is 0. The van der Waals surface area contributed by atoms with Gasteiger partial charge in [-0.2, -0.15) is 8.42 Å². The summed E-state index contributed by atoms with van der Waals surface area (Å²) >= 11 is 0. The van der Waals surface area contributed by atoms with E-state index in [0.29, 0.717) is 45.6 Å². The van der Waals surface area contributed by atoms with E-state index in [9.17, 15) is 13.0 Å². The third-order valence-electron chi connectivity index (χ3n) is 7.82. The minimum Gasteiger partial charge on any atom is -0.324 e. The smallest absolute Gasteiger partial charge is 0.295 e. The number of aromatic nitrogens is 8. The van der Waals surface area contributed by atoms with Gasteiger partial charge in [0.1, 0.15) is 27.5 Å². The van der Waals surface area contributed by atoms with Crippen LogP contribution in [0.4, 0.5) is 0 Å². The number of fused-ring (bicyclic) bond motifs is 20. The second-order valence-corrected chi connectivity index (χ2v) is 11.8. The SMILES string of the molecule is O=S(=O)(O)c1cccc2c3nc4nc(nc5[nH]c(nc6nc(nc([nH]3)c12)-c1ccccc1-6)c1ccccc51)-c1ccccc1-4.[Zn]. The van der Waals surface area contributed by atoms with Gasteiger partial charge in [0.2, 0.25) is 0 Å². The number of rotatable bonds is 1. The molecule has 0 saturated carbocycles. The predicted octanol–water partition coefficient (Wildman–Crippen LogP) is 6.11. The van der Waals surface area contributed by atoms with Crippen LogP contribution >= 0.6 is 0 Å². The van der Waals surface area contributed by atoms with Crippen molar-refractivity contribution in [1.29, 1.82) is 0 Å². The van der Waals surface area contributed by atoms with E-state index >= 15 is 0 Å². The summed E-state index contributed by atoms with van der Waals surface area (Å²) in [5.74, 6) is 1.60. The molecular formula is C32H18N8O3SZn. The fourth-order valence-corrected chi connectivity index (χ4v) is 6.59. The van der Waals surface area contributed by atoms with E-state index in [1.165, 1.54) is 6.07 Å². The molecule has 13 heteroatoms. The van der Waals surface area contributed by atoms with E-state index in [1.54, 1.807) is 12.1 Å². The number of H-pyrrole nitrogens is 2. The van der Waals surface area contributed by atoms with Crippen molar-refractivity contribution >= 4 is 54.3 Å². The van der Waals surface area contributed by atoms with Crippen LogP contribution in [0.2, 0.25) is 0 Å². The number of nitrogens with zero attached hydrogens (tertiary/aromatic N) is 6. The average molecular weight is 660 g/mol. The first-order valence-corrected chi connectivity index (χ1v) is 15.1. The van der Waals surface area contributed by atoms with Crippen LogP contribution in [0.5, 0.6) is 0 Å². The standard InChI is InChI=1S/C32H18N8O3S.Zn/c41-44(42,43)23-15-7-14-22-24(23)32-39-30-21-13-6-5-12-20(21)28(37-30)35-26-17-9-2-1-8-16(17)25(33-26)34-27-18-10-3-4-11-19(18)29(36-27)38-31(22)40-32;/h1-15H,(H,41,42,43)(H2,33,34,35,36,37,38,39,40);. The van der Waals surface area contributed by atoms with Gasteiger partial charge in [-0.25, -0.2) is 29.9 Å². The third kappa shape index (κ3) is 4.20. The molecule has 0 spiro atoms. The van der Waals surface area contributed by atoms with E-state index in [4.69, 9.17) is 29.9 Å². The van der Waals surface area contributed by atoms with Crippen molar-refractivity contribution in [3.8, 4) is 45.6 Å². The van der Waals surface area contributed by atoms with Gasteiger partial charge in [0.15, 0.2) is 23.3 Å². The fraction of sp³-hybridized carbons (Fsp3) is 0. The van der Waals surface area contributed by atoms with Gasteiger partial charge >= 0.3 is 0 Å². The summed E-state index contributed by atoms with van der Waals surface area (Å²) in [4.78, 5) is 35.4. The molecule has 0 amide bonds. The molecule has 3 aromatic heterocycles. The number of benzene rings is 4. The molecule has 2 aliphatic heterocycles. The van der Waals surface area contributed by atoms with Gasteiger partial charge in [-0.3, -0.25) is 4.55 Å². The number of aromatic amines is 2. The average Bonchev–Trinajstić information content (AvgIpc) is 3.76. The summed E-state index contributed by atoms with van der Waals surface area (Å²) in [7, 11) is -4.62. The second-order valence-electron chi connectivity index (χ2n) is 10.4. The van der Waals surface area contributed by atoms with Gasteiger partial charge in [-0.1, -0.05) is 84.9 Å². The Bertz CT molecular complexity index is 2660. The van der Waals surface area contributed by atoms with Crippen LogP contribution < -0.4 is 0 Å². The first-order valence-electron chi connectivity index (χ1n) is 13.6. The molecule has 0 unspecified atom stereocenters. The van der Waals surface area contributed by atoms with Gasteiger partial charge in [0.05, 0.1) is 0 Å². The van der Waals surface area contributed by atoms with Crippen LogP contribution in [-0.2, 0) is 29.6 Å². The molecule has 0 saturated heterocycles. The zero-order chi connectivity index (χ0) is 29.6. The minimum atomic E-state index is -4.62. The first kappa shape index (κ1) is 27.3. The van der Waals surface area contributed by atoms with Crippen molar-refractivity contribution in [3.05, 3.63) is 91.0 Å². The molecule has 0 fully saturated rings. The Labute approximate surface area is 267 Å². The third-order valence-corrected chi connectivity index (χ3v) is 8.72. The van der Waals surface area contributed by atoms with E-state index in [1.807, 2.05) is 72.8 Å². The van der Waals surface area contributed by atoms with Gasteiger partial charge < -0.3 is 9.97 Å². The monoisotopic (exact) mass is 658 g/mol. The molecule has 9 rings (SSSR count). The summed E-state index contributed by atoms with van der Waals surface area (Å²) in [6, 6.07) is 27.6. The molecular weight excluding hydrogens is 642 g/mol. The Morgan fingerprint density at radius 3 is 1.31 bits per heavy atom. The summed E-state index contributed by atoms with van der Waals surface area (Å²) < 4.78 is 35.2. The molecule has 3 N–H and O–H groups in total. The molecule has 8 bridgehead atoms. The first-order chi connectivity index (χ1) is 21.4.